The monoisotopic (exact) mass is 474 g/mol. The maximum absolute atomic E-state index is 13.2. The van der Waals surface area contributed by atoms with Crippen molar-refractivity contribution in [3.05, 3.63) is 54.1 Å². The third kappa shape index (κ3) is 4.11. The minimum absolute atomic E-state index is 0.320. The average Bonchev–Trinajstić information content (AvgIpc) is 3.47. The van der Waals surface area contributed by atoms with Crippen LogP contribution >= 0.6 is 0 Å². The number of anilines is 2. The third-order valence-corrected chi connectivity index (χ3v) is 6.46. The molecule has 4 amide bonds. The molecular weight excluding hydrogens is 448 g/mol. The highest BCUT2D eigenvalue weighted by atomic mass is 16.5. The molecule has 10 nitrogen and oxygen atoms in total. The molecule has 1 atom stereocenters. The summed E-state index contributed by atoms with van der Waals surface area (Å²) in [4.78, 5) is 51.3. The van der Waals surface area contributed by atoms with Gasteiger partial charge in [0.1, 0.15) is 17.8 Å². The summed E-state index contributed by atoms with van der Waals surface area (Å²) in [6.45, 7) is 2.82. The van der Waals surface area contributed by atoms with Crippen LogP contribution in [0.3, 0.4) is 0 Å². The van der Waals surface area contributed by atoms with E-state index in [2.05, 4.69) is 20.5 Å². The normalized spacial score (nSPS) is 19.8. The van der Waals surface area contributed by atoms with E-state index in [-0.39, 0.29) is 0 Å². The molecule has 3 aromatic rings. The van der Waals surface area contributed by atoms with Crippen molar-refractivity contribution in [3.63, 3.8) is 0 Å². The van der Waals surface area contributed by atoms with Crippen LogP contribution in [0.4, 0.5) is 16.4 Å². The number of carbonyl (C=O) groups is 3. The molecule has 2 aliphatic heterocycles. The molecule has 10 heteroatoms. The number of aromatic nitrogens is 2. The molecule has 35 heavy (non-hydrogen) atoms. The van der Waals surface area contributed by atoms with E-state index in [9.17, 15) is 14.4 Å². The largest absolute Gasteiger partial charge is 0.497 e. The highest BCUT2D eigenvalue weighted by molar-refractivity contribution is 6.10. The summed E-state index contributed by atoms with van der Waals surface area (Å²) in [5.74, 6) is 0.510. The zero-order chi connectivity index (χ0) is 24.6. The lowest BCUT2D eigenvalue weighted by atomic mass is 9.92. The van der Waals surface area contributed by atoms with Crippen molar-refractivity contribution in [3.8, 4) is 5.75 Å². The maximum atomic E-state index is 13.2. The molecule has 0 spiro atoms. The van der Waals surface area contributed by atoms with Crippen molar-refractivity contribution in [2.45, 2.75) is 25.3 Å². The van der Waals surface area contributed by atoms with E-state index in [1.165, 1.54) is 0 Å². The van der Waals surface area contributed by atoms with Crippen LogP contribution in [0.2, 0.25) is 0 Å². The summed E-state index contributed by atoms with van der Waals surface area (Å²) in [6, 6.07) is 13.7. The van der Waals surface area contributed by atoms with E-state index < -0.39 is 29.9 Å². The zero-order valence-corrected chi connectivity index (χ0v) is 19.6. The Morgan fingerprint density at radius 3 is 2.37 bits per heavy atom. The van der Waals surface area contributed by atoms with Crippen LogP contribution in [0.5, 0.6) is 5.75 Å². The Morgan fingerprint density at radius 2 is 1.71 bits per heavy atom. The highest BCUT2D eigenvalue weighted by Gasteiger charge is 2.49. The van der Waals surface area contributed by atoms with Gasteiger partial charge >= 0.3 is 6.03 Å². The SMILES string of the molecule is COc1ccc(C2(C)NC(=O)N(CC(=O)Nc3nc4ccccc4nc3N3CCCC3)C2=O)cc1. The number of ether oxygens (including phenoxy) is 1. The number of nitrogens with zero attached hydrogens (tertiary/aromatic N) is 4. The van der Waals surface area contributed by atoms with E-state index in [0.717, 1.165) is 36.3 Å². The molecule has 2 fully saturated rings. The van der Waals surface area contributed by atoms with Crippen LogP contribution in [0, 0.1) is 0 Å². The first-order chi connectivity index (χ1) is 16.9. The molecule has 1 unspecified atom stereocenters. The second kappa shape index (κ2) is 8.86. The molecule has 2 aromatic carbocycles. The van der Waals surface area contributed by atoms with Gasteiger partial charge in [0.15, 0.2) is 11.6 Å². The first-order valence-corrected chi connectivity index (χ1v) is 11.5. The number of carbonyl (C=O) groups excluding carboxylic acids is 3. The molecular formula is C25H26N6O4. The summed E-state index contributed by atoms with van der Waals surface area (Å²) in [5.41, 5.74) is 0.688. The number of rotatable bonds is 6. The van der Waals surface area contributed by atoms with E-state index in [4.69, 9.17) is 9.72 Å². The Bertz CT molecular complexity index is 1310. The van der Waals surface area contributed by atoms with E-state index >= 15 is 0 Å². The Labute approximate surface area is 202 Å². The van der Waals surface area contributed by atoms with Gasteiger partial charge < -0.3 is 20.3 Å². The minimum atomic E-state index is -1.28. The lowest BCUT2D eigenvalue weighted by molar-refractivity contribution is -0.133. The summed E-state index contributed by atoms with van der Waals surface area (Å²) < 4.78 is 5.17. The van der Waals surface area contributed by atoms with Crippen LogP contribution in [0.25, 0.3) is 11.0 Å². The molecule has 2 saturated heterocycles. The molecule has 0 bridgehead atoms. The predicted octanol–water partition coefficient (Wildman–Crippen LogP) is 2.64. The number of imide groups is 1. The number of fused-ring (bicyclic) bond motifs is 1. The fourth-order valence-electron chi connectivity index (χ4n) is 4.50. The van der Waals surface area contributed by atoms with Crippen LogP contribution in [0.15, 0.2) is 48.5 Å². The Balaban J connectivity index is 1.37. The number of nitrogens with one attached hydrogen (secondary N) is 2. The molecule has 0 saturated carbocycles. The molecule has 180 valence electrons. The van der Waals surface area contributed by atoms with Crippen molar-refractivity contribution in [2.24, 2.45) is 0 Å². The van der Waals surface area contributed by atoms with Crippen LogP contribution in [0.1, 0.15) is 25.3 Å². The lowest BCUT2D eigenvalue weighted by Crippen LogP contribution is -2.42. The molecule has 2 N–H and O–H groups in total. The molecule has 3 heterocycles. The van der Waals surface area contributed by atoms with Gasteiger partial charge in [-0.2, -0.15) is 0 Å². The summed E-state index contributed by atoms with van der Waals surface area (Å²) in [5, 5.41) is 5.50. The van der Waals surface area contributed by atoms with Gasteiger partial charge in [-0.1, -0.05) is 24.3 Å². The summed E-state index contributed by atoms with van der Waals surface area (Å²) in [7, 11) is 1.55. The Morgan fingerprint density at radius 1 is 1.06 bits per heavy atom. The van der Waals surface area contributed by atoms with Gasteiger partial charge in [0, 0.05) is 13.1 Å². The van der Waals surface area contributed by atoms with Crippen molar-refractivity contribution < 1.29 is 19.1 Å². The Kier molecular flexibility index (Phi) is 5.72. The first-order valence-electron chi connectivity index (χ1n) is 11.5. The zero-order valence-electron chi connectivity index (χ0n) is 19.6. The van der Waals surface area contributed by atoms with E-state index in [1.807, 2.05) is 24.3 Å². The maximum Gasteiger partial charge on any atom is 0.325 e. The summed E-state index contributed by atoms with van der Waals surface area (Å²) >= 11 is 0. The molecule has 0 aliphatic carbocycles. The molecule has 1 aromatic heterocycles. The van der Waals surface area contributed by atoms with E-state index in [1.54, 1.807) is 38.3 Å². The van der Waals surface area contributed by atoms with Crippen LogP contribution in [-0.2, 0) is 15.1 Å². The van der Waals surface area contributed by atoms with Gasteiger partial charge in [-0.3, -0.25) is 14.5 Å². The van der Waals surface area contributed by atoms with Crippen LogP contribution in [-0.4, -0.2) is 59.5 Å². The number of methoxy groups -OCH3 is 1. The van der Waals surface area contributed by atoms with Crippen molar-refractivity contribution >= 4 is 40.5 Å². The van der Waals surface area contributed by atoms with E-state index in [0.29, 0.717) is 28.5 Å². The third-order valence-electron chi connectivity index (χ3n) is 6.46. The fourth-order valence-corrected chi connectivity index (χ4v) is 4.50. The Hall–Kier alpha value is -4.21. The van der Waals surface area contributed by atoms with Gasteiger partial charge in [-0.05, 0) is 49.6 Å². The number of urea groups is 1. The van der Waals surface area contributed by atoms with Gasteiger partial charge in [-0.15, -0.1) is 0 Å². The van der Waals surface area contributed by atoms with Gasteiger partial charge in [0.25, 0.3) is 5.91 Å². The number of hydrogen-bond donors (Lipinski definition) is 2. The molecule has 2 aliphatic rings. The van der Waals surface area contributed by atoms with Gasteiger partial charge in [0.05, 0.1) is 18.1 Å². The number of amides is 4. The van der Waals surface area contributed by atoms with Crippen molar-refractivity contribution in [1.29, 1.82) is 0 Å². The topological polar surface area (TPSA) is 117 Å². The quantitative estimate of drug-likeness (QED) is 0.528. The highest BCUT2D eigenvalue weighted by Crippen LogP contribution is 2.31. The van der Waals surface area contributed by atoms with Crippen molar-refractivity contribution in [2.75, 3.05) is 37.0 Å². The predicted molar refractivity (Wildman–Crippen MR) is 130 cm³/mol. The van der Waals surface area contributed by atoms with Gasteiger partial charge in [-0.25, -0.2) is 14.8 Å². The van der Waals surface area contributed by atoms with Crippen molar-refractivity contribution in [1.82, 2.24) is 20.2 Å². The molecule has 5 rings (SSSR count). The number of hydrogen-bond acceptors (Lipinski definition) is 7. The first kappa shape index (κ1) is 22.6. The minimum Gasteiger partial charge on any atom is -0.497 e. The number of para-hydroxylation sites is 2. The second-order valence-electron chi connectivity index (χ2n) is 8.80. The smallest absolute Gasteiger partial charge is 0.325 e. The number of benzene rings is 2. The van der Waals surface area contributed by atoms with Gasteiger partial charge in [0.2, 0.25) is 5.91 Å². The fraction of sp³-hybridized carbons (Fsp3) is 0.320. The summed E-state index contributed by atoms with van der Waals surface area (Å²) in [6.07, 6.45) is 2.07. The second-order valence-corrected chi connectivity index (χ2v) is 8.80. The van der Waals surface area contributed by atoms with Crippen LogP contribution < -0.4 is 20.3 Å². The molecule has 0 radical (unpaired) electrons. The average molecular weight is 475 g/mol. The standard InChI is InChI=1S/C25H26N6O4/c1-25(16-9-11-17(35-2)12-10-16)23(33)31(24(34)29-25)15-20(32)28-21-22(30-13-5-6-14-30)27-19-8-4-3-7-18(19)26-21/h3-4,7-12H,5-6,13-15H2,1-2H3,(H,29,34)(H,26,28,32). The lowest BCUT2D eigenvalue weighted by Gasteiger charge is -2.22.